The van der Waals surface area contributed by atoms with E-state index in [-0.39, 0.29) is 5.91 Å². The molecule has 2 unspecified atom stereocenters. The Morgan fingerprint density at radius 2 is 1.77 bits per heavy atom. The maximum Gasteiger partial charge on any atom is 0.255 e. The van der Waals surface area contributed by atoms with Crippen molar-refractivity contribution in [3.63, 3.8) is 0 Å². The van der Waals surface area contributed by atoms with Gasteiger partial charge in [0.15, 0.2) is 0 Å². The van der Waals surface area contributed by atoms with Crippen molar-refractivity contribution in [1.29, 1.82) is 0 Å². The molecule has 4 nitrogen and oxygen atoms in total. The van der Waals surface area contributed by atoms with Crippen LogP contribution < -0.4 is 5.32 Å². The van der Waals surface area contributed by atoms with Gasteiger partial charge in [-0.05, 0) is 69.9 Å². The predicted molar refractivity (Wildman–Crippen MR) is 105 cm³/mol. The number of carbonyl (C=O) groups is 1. The number of aromatic nitrogens is 1. The highest BCUT2D eigenvalue weighted by Gasteiger charge is 2.37. The van der Waals surface area contributed by atoms with Gasteiger partial charge in [-0.1, -0.05) is 11.6 Å². The molecule has 2 aliphatic heterocycles. The molecule has 0 saturated carbocycles. The molecule has 2 atom stereocenters. The fourth-order valence-corrected chi connectivity index (χ4v) is 4.79. The summed E-state index contributed by atoms with van der Waals surface area (Å²) in [5.74, 6) is 0.129. The molecule has 0 radical (unpaired) electrons. The zero-order valence-electron chi connectivity index (χ0n) is 15.6. The molecule has 2 saturated heterocycles. The smallest absolute Gasteiger partial charge is 0.255 e. The van der Waals surface area contributed by atoms with E-state index >= 15 is 0 Å². The molecule has 2 bridgehead atoms. The second-order valence-corrected chi connectivity index (χ2v) is 8.21. The highest BCUT2D eigenvalue weighted by molar-refractivity contribution is 6.30. The van der Waals surface area contributed by atoms with Crippen LogP contribution in [0.1, 0.15) is 47.4 Å². The lowest BCUT2D eigenvalue weighted by molar-refractivity contribution is 0.0681. The lowest BCUT2D eigenvalue weighted by Gasteiger charge is -2.35. The van der Waals surface area contributed by atoms with Crippen LogP contribution in [0.15, 0.2) is 30.3 Å². The number of amides is 1. The summed E-state index contributed by atoms with van der Waals surface area (Å²) in [7, 11) is 1.96. The van der Waals surface area contributed by atoms with E-state index in [2.05, 4.69) is 9.88 Å². The van der Waals surface area contributed by atoms with Crippen molar-refractivity contribution in [2.45, 2.75) is 57.7 Å². The van der Waals surface area contributed by atoms with E-state index in [1.165, 1.54) is 12.8 Å². The molecule has 3 heterocycles. The number of nitrogens with one attached hydrogen (secondary N) is 1. The second kappa shape index (κ2) is 6.75. The van der Waals surface area contributed by atoms with Gasteiger partial charge in [0.25, 0.3) is 5.91 Å². The summed E-state index contributed by atoms with van der Waals surface area (Å²) in [5, 5.41) is 4.37. The SMILES string of the molecule is Cc1cc(C(=O)N(C)C2CC3CCC(C2)N3)c(C)n1-c1ccc(Cl)cc1. The number of carbonyl (C=O) groups excluding carboxylic acids is 1. The minimum absolute atomic E-state index is 0.129. The average Bonchev–Trinajstić information content (AvgIpc) is 3.12. The molecule has 1 aromatic carbocycles. The van der Waals surface area contributed by atoms with Crippen LogP contribution in [-0.2, 0) is 0 Å². The number of fused-ring (bicyclic) bond motifs is 2. The van der Waals surface area contributed by atoms with Crippen molar-refractivity contribution in [3.05, 3.63) is 52.3 Å². The van der Waals surface area contributed by atoms with Gasteiger partial charge in [-0.15, -0.1) is 0 Å². The first kappa shape index (κ1) is 17.6. The van der Waals surface area contributed by atoms with Crippen LogP contribution in [0.25, 0.3) is 5.69 Å². The van der Waals surface area contributed by atoms with Crippen molar-refractivity contribution in [3.8, 4) is 5.69 Å². The molecule has 0 aliphatic carbocycles. The molecule has 1 N–H and O–H groups in total. The Bertz CT molecular complexity index is 815. The Kier molecular flexibility index (Phi) is 4.57. The van der Waals surface area contributed by atoms with Crippen molar-refractivity contribution in [2.24, 2.45) is 0 Å². The van der Waals surface area contributed by atoms with Crippen LogP contribution in [0, 0.1) is 13.8 Å². The number of halogens is 1. The van der Waals surface area contributed by atoms with Crippen LogP contribution in [0.3, 0.4) is 0 Å². The number of hydrogen-bond acceptors (Lipinski definition) is 2. The first-order valence-electron chi connectivity index (χ1n) is 9.42. The van der Waals surface area contributed by atoms with E-state index in [0.29, 0.717) is 23.1 Å². The number of rotatable bonds is 3. The maximum atomic E-state index is 13.2. The van der Waals surface area contributed by atoms with Gasteiger partial charge >= 0.3 is 0 Å². The monoisotopic (exact) mass is 371 g/mol. The van der Waals surface area contributed by atoms with E-state index < -0.39 is 0 Å². The number of aryl methyl sites for hydroxylation is 1. The summed E-state index contributed by atoms with van der Waals surface area (Å²) >= 11 is 6.02. The molecule has 2 aromatic rings. The van der Waals surface area contributed by atoms with Crippen molar-refractivity contribution >= 4 is 17.5 Å². The van der Waals surface area contributed by atoms with E-state index in [4.69, 9.17) is 11.6 Å². The Morgan fingerprint density at radius 3 is 2.38 bits per heavy atom. The highest BCUT2D eigenvalue weighted by Crippen LogP contribution is 2.31. The molecule has 4 rings (SSSR count). The van der Waals surface area contributed by atoms with E-state index in [9.17, 15) is 4.79 Å². The Balaban J connectivity index is 1.60. The van der Waals surface area contributed by atoms with Gasteiger partial charge in [0, 0.05) is 47.3 Å². The quantitative estimate of drug-likeness (QED) is 0.881. The van der Waals surface area contributed by atoms with Gasteiger partial charge in [-0.25, -0.2) is 0 Å². The van der Waals surface area contributed by atoms with Crippen LogP contribution in [0.4, 0.5) is 0 Å². The first-order chi connectivity index (χ1) is 12.4. The van der Waals surface area contributed by atoms with E-state index in [1.807, 2.05) is 56.1 Å². The molecular weight excluding hydrogens is 346 g/mol. The number of hydrogen-bond donors (Lipinski definition) is 1. The minimum Gasteiger partial charge on any atom is -0.339 e. The molecule has 1 amide bonds. The molecule has 0 spiro atoms. The Morgan fingerprint density at radius 1 is 1.15 bits per heavy atom. The number of benzene rings is 1. The molecule has 1 aromatic heterocycles. The molecule has 5 heteroatoms. The average molecular weight is 372 g/mol. The van der Waals surface area contributed by atoms with Crippen LogP contribution in [-0.4, -0.2) is 40.5 Å². The summed E-state index contributed by atoms with van der Waals surface area (Å²) in [6, 6.07) is 11.3. The third-order valence-corrected chi connectivity index (χ3v) is 6.31. The van der Waals surface area contributed by atoms with Gasteiger partial charge in [0.1, 0.15) is 0 Å². The summed E-state index contributed by atoms with van der Waals surface area (Å²) in [5.41, 5.74) is 3.88. The van der Waals surface area contributed by atoms with Crippen molar-refractivity contribution < 1.29 is 4.79 Å². The maximum absolute atomic E-state index is 13.2. The highest BCUT2D eigenvalue weighted by atomic mass is 35.5. The number of piperidine rings is 1. The topological polar surface area (TPSA) is 37.3 Å². The second-order valence-electron chi connectivity index (χ2n) is 7.78. The first-order valence-corrected chi connectivity index (χ1v) is 9.80. The zero-order chi connectivity index (χ0) is 18.4. The third-order valence-electron chi connectivity index (χ3n) is 6.06. The van der Waals surface area contributed by atoms with E-state index in [0.717, 1.165) is 35.5 Å². The van der Waals surface area contributed by atoms with E-state index in [1.54, 1.807) is 0 Å². The van der Waals surface area contributed by atoms with Gasteiger partial charge in [-0.3, -0.25) is 4.79 Å². The molecule has 26 heavy (non-hydrogen) atoms. The fourth-order valence-electron chi connectivity index (χ4n) is 4.67. The van der Waals surface area contributed by atoms with Crippen LogP contribution in [0.5, 0.6) is 0 Å². The normalized spacial score (nSPS) is 24.7. The van der Waals surface area contributed by atoms with Gasteiger partial charge in [0.2, 0.25) is 0 Å². The summed E-state index contributed by atoms with van der Waals surface area (Å²) in [6.45, 7) is 4.07. The number of nitrogens with zero attached hydrogens (tertiary/aromatic N) is 2. The molecule has 2 aliphatic rings. The summed E-state index contributed by atoms with van der Waals surface area (Å²) < 4.78 is 2.13. The largest absolute Gasteiger partial charge is 0.339 e. The third kappa shape index (κ3) is 3.06. The summed E-state index contributed by atoms with van der Waals surface area (Å²) in [6.07, 6.45) is 4.62. The van der Waals surface area contributed by atoms with Gasteiger partial charge in [0.05, 0.1) is 5.56 Å². The van der Waals surface area contributed by atoms with Gasteiger partial charge in [-0.2, -0.15) is 0 Å². The Hall–Kier alpha value is -1.78. The lowest BCUT2D eigenvalue weighted by Crippen LogP contribution is -2.48. The van der Waals surface area contributed by atoms with Crippen molar-refractivity contribution in [1.82, 2.24) is 14.8 Å². The summed E-state index contributed by atoms with van der Waals surface area (Å²) in [4.78, 5) is 15.2. The lowest BCUT2D eigenvalue weighted by atomic mass is 9.98. The molecular formula is C21H26ClN3O. The standard InChI is InChI=1S/C21H26ClN3O/c1-13-10-20(14(2)25(13)18-8-4-15(22)5-9-18)21(26)24(3)19-11-16-6-7-17(12-19)23-16/h4-5,8-10,16-17,19,23H,6-7,11-12H2,1-3H3. The Labute approximate surface area is 160 Å². The van der Waals surface area contributed by atoms with Crippen LogP contribution >= 0.6 is 11.6 Å². The van der Waals surface area contributed by atoms with Gasteiger partial charge < -0.3 is 14.8 Å². The van der Waals surface area contributed by atoms with Crippen LogP contribution in [0.2, 0.25) is 5.02 Å². The molecule has 2 fully saturated rings. The fraction of sp³-hybridized carbons (Fsp3) is 0.476. The predicted octanol–water partition coefficient (Wildman–Crippen LogP) is 4.10. The minimum atomic E-state index is 0.129. The zero-order valence-corrected chi connectivity index (χ0v) is 16.4. The van der Waals surface area contributed by atoms with Crippen molar-refractivity contribution in [2.75, 3.05) is 7.05 Å². The molecule has 138 valence electrons.